The van der Waals surface area contributed by atoms with Gasteiger partial charge < -0.3 is 5.32 Å². The van der Waals surface area contributed by atoms with Gasteiger partial charge in [0.25, 0.3) is 0 Å². The molecule has 3 amide bonds. The average Bonchev–Trinajstić information content (AvgIpc) is 3.25. The summed E-state index contributed by atoms with van der Waals surface area (Å²) in [7, 11) is 0. The van der Waals surface area contributed by atoms with Crippen LogP contribution in [0.4, 0.5) is 4.39 Å². The Hall–Kier alpha value is -2.50. The minimum absolute atomic E-state index is 0.137. The third-order valence-electron chi connectivity index (χ3n) is 5.61. The number of nitrogens with zero attached hydrogens (tertiary/aromatic N) is 1. The molecule has 6 heteroatoms. The summed E-state index contributed by atoms with van der Waals surface area (Å²) >= 11 is 0. The van der Waals surface area contributed by atoms with Gasteiger partial charge in [-0.1, -0.05) is 24.3 Å². The topological polar surface area (TPSA) is 66.5 Å². The first-order chi connectivity index (χ1) is 12.0. The number of hydrogen-bond acceptors (Lipinski definition) is 3. The number of fused-ring (bicyclic) bond motifs is 5. The van der Waals surface area contributed by atoms with E-state index in [-0.39, 0.29) is 59.8 Å². The van der Waals surface area contributed by atoms with Gasteiger partial charge in [0.1, 0.15) is 12.4 Å². The lowest BCUT2D eigenvalue weighted by Gasteiger charge is -2.19. The lowest BCUT2D eigenvalue weighted by Crippen LogP contribution is -2.42. The van der Waals surface area contributed by atoms with Gasteiger partial charge in [0.15, 0.2) is 0 Å². The number of rotatable bonds is 4. The number of allylic oxidation sites excluding steroid dienone is 2. The van der Waals surface area contributed by atoms with E-state index in [1.807, 2.05) is 12.2 Å². The van der Waals surface area contributed by atoms with Crippen LogP contribution in [0.3, 0.4) is 0 Å². The van der Waals surface area contributed by atoms with Crippen molar-refractivity contribution < 1.29 is 18.8 Å². The molecule has 2 fully saturated rings. The van der Waals surface area contributed by atoms with Crippen molar-refractivity contribution in [3.63, 3.8) is 0 Å². The van der Waals surface area contributed by atoms with Crippen LogP contribution < -0.4 is 5.32 Å². The summed E-state index contributed by atoms with van der Waals surface area (Å²) in [5.74, 6) is -1.48. The van der Waals surface area contributed by atoms with Crippen molar-refractivity contribution in [3.05, 3.63) is 47.8 Å². The van der Waals surface area contributed by atoms with Gasteiger partial charge in [0.2, 0.25) is 17.7 Å². The number of nitrogens with one attached hydrogen (secondary N) is 1. The van der Waals surface area contributed by atoms with Crippen molar-refractivity contribution >= 4 is 17.7 Å². The molecule has 1 N–H and O–H groups in total. The summed E-state index contributed by atoms with van der Waals surface area (Å²) in [6.07, 6.45) is 4.92. The molecule has 1 saturated carbocycles. The zero-order valence-electron chi connectivity index (χ0n) is 13.8. The van der Waals surface area contributed by atoms with Crippen LogP contribution in [0.2, 0.25) is 0 Å². The Morgan fingerprint density at radius 1 is 1.16 bits per heavy atom. The fourth-order valence-electron chi connectivity index (χ4n) is 4.39. The highest BCUT2D eigenvalue weighted by molar-refractivity contribution is 6.08. The number of hydrogen-bond donors (Lipinski definition) is 1. The van der Waals surface area contributed by atoms with Crippen molar-refractivity contribution in [2.24, 2.45) is 23.7 Å². The van der Waals surface area contributed by atoms with Crippen LogP contribution in [-0.4, -0.2) is 29.2 Å². The van der Waals surface area contributed by atoms with Gasteiger partial charge in [-0.2, -0.15) is 0 Å². The Morgan fingerprint density at radius 3 is 2.28 bits per heavy atom. The van der Waals surface area contributed by atoms with Crippen LogP contribution in [0.5, 0.6) is 0 Å². The first kappa shape index (κ1) is 16.0. The maximum Gasteiger partial charge on any atom is 0.240 e. The van der Waals surface area contributed by atoms with Gasteiger partial charge in [0, 0.05) is 0 Å². The largest absolute Gasteiger partial charge is 0.348 e. The van der Waals surface area contributed by atoms with Gasteiger partial charge >= 0.3 is 0 Å². The van der Waals surface area contributed by atoms with E-state index in [0.29, 0.717) is 0 Å². The predicted molar refractivity (Wildman–Crippen MR) is 87.4 cm³/mol. The average molecular weight is 342 g/mol. The molecule has 2 bridgehead atoms. The molecule has 0 spiro atoms. The minimum atomic E-state index is -0.390. The Balaban J connectivity index is 1.41. The Bertz CT molecular complexity index is 743. The van der Waals surface area contributed by atoms with Crippen molar-refractivity contribution in [3.8, 4) is 0 Å². The number of halogens is 1. The Morgan fingerprint density at radius 2 is 1.72 bits per heavy atom. The van der Waals surface area contributed by atoms with E-state index in [2.05, 4.69) is 5.32 Å². The van der Waals surface area contributed by atoms with Gasteiger partial charge in [-0.25, -0.2) is 4.39 Å². The van der Waals surface area contributed by atoms with Gasteiger partial charge in [-0.3, -0.25) is 19.3 Å². The quantitative estimate of drug-likeness (QED) is 0.670. The second kappa shape index (κ2) is 5.79. The summed E-state index contributed by atoms with van der Waals surface area (Å²) in [5.41, 5.74) is 0.757. The normalized spacial score (nSPS) is 30.7. The highest BCUT2D eigenvalue weighted by Crippen LogP contribution is 2.52. The molecule has 0 radical (unpaired) electrons. The van der Waals surface area contributed by atoms with E-state index in [0.717, 1.165) is 16.9 Å². The second-order valence-corrected chi connectivity index (χ2v) is 7.10. The molecule has 4 rings (SSSR count). The van der Waals surface area contributed by atoms with E-state index in [9.17, 15) is 18.8 Å². The molecule has 1 aromatic rings. The monoisotopic (exact) mass is 342 g/mol. The number of benzene rings is 1. The van der Waals surface area contributed by atoms with Crippen molar-refractivity contribution in [1.29, 1.82) is 0 Å². The summed E-state index contributed by atoms with van der Waals surface area (Å²) < 4.78 is 13.0. The van der Waals surface area contributed by atoms with E-state index < -0.39 is 0 Å². The standard InChI is InChI=1S/C19H19FN2O3/c1-10(11-4-6-14(20)7-5-11)21-15(23)9-22-18(24)16-12-2-3-13(8-12)17(16)19(22)25/h2-7,10,12-13,16-17H,8-9H2,1H3,(H,21,23). The summed E-state index contributed by atoms with van der Waals surface area (Å²) in [5, 5.41) is 2.76. The molecule has 130 valence electrons. The highest BCUT2D eigenvalue weighted by Gasteiger charge is 2.59. The number of imide groups is 1. The predicted octanol–water partition coefficient (Wildman–Crippen LogP) is 1.81. The lowest BCUT2D eigenvalue weighted by molar-refractivity contribution is -0.144. The Kier molecular flexibility index (Phi) is 3.71. The number of carbonyl (C=O) groups excluding carboxylic acids is 3. The molecular formula is C19H19FN2O3. The Labute approximate surface area is 144 Å². The molecule has 3 aliphatic rings. The first-order valence-corrected chi connectivity index (χ1v) is 8.54. The molecule has 1 saturated heterocycles. The summed E-state index contributed by atoms with van der Waals surface area (Å²) in [4.78, 5) is 38.5. The molecule has 1 aromatic carbocycles. The van der Waals surface area contributed by atoms with Gasteiger partial charge in [-0.05, 0) is 42.9 Å². The SMILES string of the molecule is CC(NC(=O)CN1C(=O)C2C3C=CC(C3)C2C1=O)c1ccc(F)cc1. The van der Waals surface area contributed by atoms with Crippen LogP contribution in [-0.2, 0) is 14.4 Å². The summed E-state index contributed by atoms with van der Waals surface area (Å²) in [6.45, 7) is 1.52. The van der Waals surface area contributed by atoms with Crippen LogP contribution in [0, 0.1) is 29.5 Å². The van der Waals surface area contributed by atoms with E-state index in [1.54, 1.807) is 19.1 Å². The molecule has 5 nitrogen and oxygen atoms in total. The van der Waals surface area contributed by atoms with Crippen molar-refractivity contribution in [1.82, 2.24) is 10.2 Å². The van der Waals surface area contributed by atoms with E-state index >= 15 is 0 Å². The fourth-order valence-corrected chi connectivity index (χ4v) is 4.39. The molecular weight excluding hydrogens is 323 g/mol. The highest BCUT2D eigenvalue weighted by atomic mass is 19.1. The molecule has 0 aromatic heterocycles. The zero-order valence-corrected chi connectivity index (χ0v) is 13.8. The number of carbonyl (C=O) groups is 3. The molecule has 1 aliphatic heterocycles. The summed E-state index contributed by atoms with van der Waals surface area (Å²) in [6, 6.07) is 5.52. The van der Waals surface area contributed by atoms with E-state index in [4.69, 9.17) is 0 Å². The molecule has 25 heavy (non-hydrogen) atoms. The smallest absolute Gasteiger partial charge is 0.240 e. The number of amides is 3. The maximum absolute atomic E-state index is 13.0. The number of likely N-dealkylation sites (tertiary alicyclic amines) is 1. The maximum atomic E-state index is 13.0. The van der Waals surface area contributed by atoms with Crippen molar-refractivity contribution in [2.45, 2.75) is 19.4 Å². The lowest BCUT2D eigenvalue weighted by atomic mass is 9.85. The van der Waals surface area contributed by atoms with Crippen LogP contribution in [0.25, 0.3) is 0 Å². The third-order valence-corrected chi connectivity index (χ3v) is 5.61. The van der Waals surface area contributed by atoms with Crippen LogP contribution in [0.1, 0.15) is 24.9 Å². The first-order valence-electron chi connectivity index (χ1n) is 8.54. The second-order valence-electron chi connectivity index (χ2n) is 7.10. The van der Waals surface area contributed by atoms with Gasteiger partial charge in [-0.15, -0.1) is 0 Å². The van der Waals surface area contributed by atoms with Crippen molar-refractivity contribution in [2.75, 3.05) is 6.54 Å². The van der Waals surface area contributed by atoms with E-state index in [1.165, 1.54) is 12.1 Å². The molecule has 5 unspecified atom stereocenters. The van der Waals surface area contributed by atoms with Crippen LogP contribution in [0.15, 0.2) is 36.4 Å². The molecule has 1 heterocycles. The molecule has 2 aliphatic carbocycles. The molecule has 5 atom stereocenters. The van der Waals surface area contributed by atoms with Crippen LogP contribution >= 0.6 is 0 Å². The van der Waals surface area contributed by atoms with Gasteiger partial charge in [0.05, 0.1) is 17.9 Å². The zero-order chi connectivity index (χ0) is 17.7. The minimum Gasteiger partial charge on any atom is -0.348 e. The third kappa shape index (κ3) is 2.56. The fraction of sp³-hybridized carbons (Fsp3) is 0.421.